The van der Waals surface area contributed by atoms with Crippen molar-refractivity contribution < 1.29 is 0 Å². The molecule has 1 aliphatic heterocycles. The van der Waals surface area contributed by atoms with Crippen LogP contribution in [0, 0.1) is 0 Å². The van der Waals surface area contributed by atoms with Crippen LogP contribution in [0.25, 0.3) is 0 Å². The molecule has 0 atom stereocenters. The Hall–Kier alpha value is -0.440. The van der Waals surface area contributed by atoms with Crippen LogP contribution in [-0.4, -0.2) is 36.6 Å². The van der Waals surface area contributed by atoms with E-state index >= 15 is 0 Å². The fourth-order valence-electron chi connectivity index (χ4n) is 2.36. The van der Waals surface area contributed by atoms with Crippen molar-refractivity contribution in [1.29, 1.82) is 0 Å². The van der Waals surface area contributed by atoms with Gasteiger partial charge >= 0.3 is 0 Å². The first-order valence-corrected chi connectivity index (χ1v) is 7.08. The number of piperazine rings is 1. The van der Waals surface area contributed by atoms with Gasteiger partial charge in [-0.25, -0.2) is 0 Å². The van der Waals surface area contributed by atoms with Crippen LogP contribution in [-0.2, 0) is 0 Å². The number of rotatable bonds is 1. The quantitative estimate of drug-likeness (QED) is 0.772. The summed E-state index contributed by atoms with van der Waals surface area (Å²) < 4.78 is 0. The molecule has 1 aromatic rings. The monoisotopic (exact) mass is 286 g/mol. The van der Waals surface area contributed by atoms with Crippen molar-refractivity contribution in [2.24, 2.45) is 0 Å². The van der Waals surface area contributed by atoms with E-state index in [0.717, 1.165) is 31.9 Å². The average molecular weight is 287 g/mol. The Bertz CT molecular complexity index is 398. The molecule has 100 valence electrons. The molecule has 0 amide bonds. The third-order valence-electron chi connectivity index (χ3n) is 3.44. The second kappa shape index (κ2) is 5.28. The molecule has 1 aliphatic rings. The zero-order valence-corrected chi connectivity index (χ0v) is 12.7. The van der Waals surface area contributed by atoms with Gasteiger partial charge < -0.3 is 4.90 Å². The van der Waals surface area contributed by atoms with Gasteiger partial charge in [-0.3, -0.25) is 4.90 Å². The highest BCUT2D eigenvalue weighted by atomic mass is 35.5. The molecule has 4 heteroatoms. The Balaban J connectivity index is 2.05. The summed E-state index contributed by atoms with van der Waals surface area (Å²) in [5, 5.41) is 1.41. The van der Waals surface area contributed by atoms with Crippen LogP contribution in [0.4, 0.5) is 5.69 Å². The molecule has 18 heavy (non-hydrogen) atoms. The predicted molar refractivity (Wildman–Crippen MR) is 80.0 cm³/mol. The zero-order valence-electron chi connectivity index (χ0n) is 11.2. The van der Waals surface area contributed by atoms with Gasteiger partial charge in [0.05, 0.1) is 0 Å². The third-order valence-corrected chi connectivity index (χ3v) is 3.88. The molecule has 1 heterocycles. The summed E-state index contributed by atoms with van der Waals surface area (Å²) in [6.07, 6.45) is 0. The smallest absolute Gasteiger partial charge is 0.0441 e. The molecule has 0 aromatic heterocycles. The minimum Gasteiger partial charge on any atom is -0.369 e. The van der Waals surface area contributed by atoms with Crippen LogP contribution in [0.5, 0.6) is 0 Å². The third kappa shape index (κ3) is 3.31. The fraction of sp³-hybridized carbons (Fsp3) is 0.571. The highest BCUT2D eigenvalue weighted by Crippen LogP contribution is 2.27. The molecule has 0 N–H and O–H groups in total. The van der Waals surface area contributed by atoms with Gasteiger partial charge in [0.2, 0.25) is 0 Å². The van der Waals surface area contributed by atoms with Crippen molar-refractivity contribution in [2.75, 3.05) is 31.1 Å². The fourth-order valence-corrected chi connectivity index (χ4v) is 2.87. The van der Waals surface area contributed by atoms with Crippen molar-refractivity contribution in [2.45, 2.75) is 26.3 Å². The minimum atomic E-state index is 0.248. The SMILES string of the molecule is CC(C)(C)N1CCN(c2cc(Cl)cc(Cl)c2)CC1. The van der Waals surface area contributed by atoms with Gasteiger partial charge in [0.1, 0.15) is 0 Å². The van der Waals surface area contributed by atoms with E-state index in [1.807, 2.05) is 12.1 Å². The van der Waals surface area contributed by atoms with E-state index in [0.29, 0.717) is 10.0 Å². The van der Waals surface area contributed by atoms with Crippen LogP contribution in [0.1, 0.15) is 20.8 Å². The lowest BCUT2D eigenvalue weighted by atomic mass is 10.0. The average Bonchev–Trinajstić information content (AvgIpc) is 2.27. The van der Waals surface area contributed by atoms with Crippen LogP contribution in [0.15, 0.2) is 18.2 Å². The molecule has 0 unspecified atom stereocenters. The topological polar surface area (TPSA) is 6.48 Å². The van der Waals surface area contributed by atoms with Crippen molar-refractivity contribution in [3.63, 3.8) is 0 Å². The molecule has 0 spiro atoms. The number of hydrogen-bond donors (Lipinski definition) is 0. The molecule has 1 aromatic carbocycles. The number of benzene rings is 1. The maximum absolute atomic E-state index is 6.05. The zero-order chi connectivity index (χ0) is 13.3. The molecule has 0 radical (unpaired) electrons. The lowest BCUT2D eigenvalue weighted by molar-refractivity contribution is 0.128. The van der Waals surface area contributed by atoms with Crippen LogP contribution in [0.3, 0.4) is 0 Å². The normalized spacial score (nSPS) is 18.2. The van der Waals surface area contributed by atoms with Gasteiger partial charge in [0, 0.05) is 47.5 Å². The molecular weight excluding hydrogens is 267 g/mol. The maximum atomic E-state index is 6.05. The van der Waals surface area contributed by atoms with E-state index < -0.39 is 0 Å². The molecule has 0 saturated carbocycles. The highest BCUT2D eigenvalue weighted by Gasteiger charge is 2.25. The largest absolute Gasteiger partial charge is 0.369 e. The second-order valence-electron chi connectivity index (χ2n) is 5.77. The summed E-state index contributed by atoms with van der Waals surface area (Å²) in [5.74, 6) is 0. The van der Waals surface area contributed by atoms with Crippen molar-refractivity contribution in [3.8, 4) is 0 Å². The molecular formula is C14H20Cl2N2. The van der Waals surface area contributed by atoms with Gasteiger partial charge in [-0.2, -0.15) is 0 Å². The Labute approximate surface area is 119 Å². The molecule has 2 nitrogen and oxygen atoms in total. The Morgan fingerprint density at radius 1 is 0.889 bits per heavy atom. The highest BCUT2D eigenvalue weighted by molar-refractivity contribution is 6.35. The van der Waals surface area contributed by atoms with E-state index in [-0.39, 0.29) is 5.54 Å². The first kappa shape index (κ1) is 14.0. The standard InChI is InChI=1S/C14H20Cl2N2/c1-14(2,3)18-6-4-17(5-7-18)13-9-11(15)8-12(16)10-13/h8-10H,4-7H2,1-3H3. The van der Waals surface area contributed by atoms with Gasteiger partial charge in [0.15, 0.2) is 0 Å². The summed E-state index contributed by atoms with van der Waals surface area (Å²) in [5.41, 5.74) is 1.37. The molecule has 1 fully saturated rings. The maximum Gasteiger partial charge on any atom is 0.0441 e. The van der Waals surface area contributed by atoms with Crippen molar-refractivity contribution in [1.82, 2.24) is 4.90 Å². The first-order valence-electron chi connectivity index (χ1n) is 6.32. The van der Waals surface area contributed by atoms with Gasteiger partial charge in [-0.05, 0) is 39.0 Å². The van der Waals surface area contributed by atoms with Gasteiger partial charge in [0.25, 0.3) is 0 Å². The van der Waals surface area contributed by atoms with Crippen LogP contribution >= 0.6 is 23.2 Å². The summed E-state index contributed by atoms with van der Waals surface area (Å²) in [4.78, 5) is 4.86. The molecule has 0 bridgehead atoms. The number of halogens is 2. The second-order valence-corrected chi connectivity index (χ2v) is 6.65. The van der Waals surface area contributed by atoms with E-state index in [9.17, 15) is 0 Å². The van der Waals surface area contributed by atoms with E-state index in [4.69, 9.17) is 23.2 Å². The summed E-state index contributed by atoms with van der Waals surface area (Å²) in [6.45, 7) is 11.0. The van der Waals surface area contributed by atoms with E-state index in [2.05, 4.69) is 30.6 Å². The summed E-state index contributed by atoms with van der Waals surface area (Å²) in [6, 6.07) is 5.75. The van der Waals surface area contributed by atoms with Crippen LogP contribution < -0.4 is 4.90 Å². The van der Waals surface area contributed by atoms with Crippen LogP contribution in [0.2, 0.25) is 10.0 Å². The Morgan fingerprint density at radius 3 is 1.83 bits per heavy atom. The van der Waals surface area contributed by atoms with E-state index in [1.165, 1.54) is 0 Å². The first-order chi connectivity index (χ1) is 8.36. The number of hydrogen-bond acceptors (Lipinski definition) is 2. The van der Waals surface area contributed by atoms with E-state index in [1.54, 1.807) is 6.07 Å². The minimum absolute atomic E-state index is 0.248. The summed E-state index contributed by atoms with van der Waals surface area (Å²) >= 11 is 12.1. The Kier molecular flexibility index (Phi) is 4.10. The Morgan fingerprint density at radius 2 is 1.39 bits per heavy atom. The molecule has 0 aliphatic carbocycles. The van der Waals surface area contributed by atoms with Gasteiger partial charge in [-0.1, -0.05) is 23.2 Å². The van der Waals surface area contributed by atoms with Gasteiger partial charge in [-0.15, -0.1) is 0 Å². The van der Waals surface area contributed by atoms with Crippen molar-refractivity contribution >= 4 is 28.9 Å². The predicted octanol–water partition coefficient (Wildman–Crippen LogP) is 3.91. The molecule has 2 rings (SSSR count). The summed E-state index contributed by atoms with van der Waals surface area (Å²) in [7, 11) is 0. The number of nitrogens with zero attached hydrogens (tertiary/aromatic N) is 2. The lowest BCUT2D eigenvalue weighted by Gasteiger charge is -2.43. The lowest BCUT2D eigenvalue weighted by Crippen LogP contribution is -2.53. The van der Waals surface area contributed by atoms with Crippen molar-refractivity contribution in [3.05, 3.63) is 28.2 Å². The molecule has 1 saturated heterocycles. The number of anilines is 1.